The Labute approximate surface area is 98.2 Å². The number of hydrogen-bond donors (Lipinski definition) is 2. The molecule has 0 saturated carbocycles. The largest absolute Gasteiger partial charge is 0.330 e. The molecule has 1 rings (SSSR count). The van der Waals surface area contributed by atoms with Crippen LogP contribution in [0.15, 0.2) is 18.2 Å². The minimum atomic E-state index is -0.602. The number of hydrogen-bond acceptors (Lipinski definition) is 4. The predicted molar refractivity (Wildman–Crippen MR) is 60.9 cm³/mol. The molecule has 7 heteroatoms. The average Bonchev–Trinajstić information content (AvgIpc) is 2.18. The molecule has 0 fully saturated rings. The van der Waals surface area contributed by atoms with Crippen LogP contribution < -0.4 is 11.5 Å². The van der Waals surface area contributed by atoms with E-state index in [4.69, 9.17) is 11.5 Å². The maximum Gasteiger partial charge on any atom is 0.269 e. The lowest BCUT2D eigenvalue weighted by Crippen LogP contribution is -2.16. The minimum Gasteiger partial charge on any atom is -0.330 e. The molecule has 1 aromatic carbocycles. The van der Waals surface area contributed by atoms with E-state index in [0.717, 1.165) is 18.2 Å². The summed E-state index contributed by atoms with van der Waals surface area (Å²) in [5.74, 6) is -0.540. The topological polar surface area (TPSA) is 95.2 Å². The molecule has 0 amide bonds. The number of nitrogens with zero attached hydrogens (tertiary/aromatic N) is 1. The van der Waals surface area contributed by atoms with Crippen molar-refractivity contribution in [2.24, 2.45) is 11.5 Å². The molecule has 0 aliphatic rings. The Morgan fingerprint density at radius 1 is 1.50 bits per heavy atom. The summed E-state index contributed by atoms with van der Waals surface area (Å²) in [6.07, 6.45) is 0.387. The second-order valence-electron chi connectivity index (χ2n) is 3.15. The van der Waals surface area contributed by atoms with E-state index in [1.807, 2.05) is 0 Å². The fraction of sp³-hybridized carbons (Fsp3) is 0.333. The molecule has 16 heavy (non-hydrogen) atoms. The van der Waals surface area contributed by atoms with E-state index in [1.54, 1.807) is 0 Å². The van der Waals surface area contributed by atoms with E-state index in [9.17, 15) is 14.5 Å². The van der Waals surface area contributed by atoms with Crippen molar-refractivity contribution in [1.82, 2.24) is 0 Å². The number of nitro benzene ring substituents is 1. The van der Waals surface area contributed by atoms with Crippen LogP contribution in [0.4, 0.5) is 10.1 Å². The van der Waals surface area contributed by atoms with Crippen LogP contribution in [0.5, 0.6) is 0 Å². The molecule has 4 N–H and O–H groups in total. The van der Waals surface area contributed by atoms with Gasteiger partial charge in [-0.05, 0) is 19.0 Å². The van der Waals surface area contributed by atoms with Gasteiger partial charge in [-0.3, -0.25) is 10.1 Å². The molecule has 0 spiro atoms. The lowest BCUT2D eigenvalue weighted by molar-refractivity contribution is -0.385. The van der Waals surface area contributed by atoms with Gasteiger partial charge < -0.3 is 11.5 Å². The van der Waals surface area contributed by atoms with E-state index >= 15 is 0 Å². The van der Waals surface area contributed by atoms with Gasteiger partial charge in [0.25, 0.3) is 5.69 Å². The molecule has 5 nitrogen and oxygen atoms in total. The summed E-state index contributed by atoms with van der Waals surface area (Å²) in [5, 5.41) is 10.5. The van der Waals surface area contributed by atoms with Crippen molar-refractivity contribution in [2.75, 3.05) is 6.54 Å². The summed E-state index contributed by atoms with van der Waals surface area (Å²) >= 11 is 0. The molecular weight excluding hydrogens is 237 g/mol. The van der Waals surface area contributed by atoms with E-state index in [0.29, 0.717) is 13.0 Å². The Morgan fingerprint density at radius 2 is 2.12 bits per heavy atom. The molecule has 0 aliphatic heterocycles. The number of rotatable bonds is 4. The van der Waals surface area contributed by atoms with Gasteiger partial charge >= 0.3 is 0 Å². The monoisotopic (exact) mass is 249 g/mol. The third-order valence-corrected chi connectivity index (χ3v) is 2.07. The summed E-state index contributed by atoms with van der Waals surface area (Å²) in [7, 11) is 0. The SMILES string of the molecule is Cl.NCC[C@@H](N)c1cc([N+](=O)[O-])ccc1F. The average molecular weight is 250 g/mol. The Bertz CT molecular complexity index is 376. The molecule has 0 radical (unpaired) electrons. The van der Waals surface area contributed by atoms with E-state index in [2.05, 4.69) is 0 Å². The minimum absolute atomic E-state index is 0. The molecule has 0 unspecified atom stereocenters. The van der Waals surface area contributed by atoms with Crippen molar-refractivity contribution >= 4 is 18.1 Å². The highest BCUT2D eigenvalue weighted by Gasteiger charge is 2.15. The van der Waals surface area contributed by atoms with Crippen LogP contribution in [0.25, 0.3) is 0 Å². The van der Waals surface area contributed by atoms with Gasteiger partial charge in [0.2, 0.25) is 0 Å². The highest BCUT2D eigenvalue weighted by Crippen LogP contribution is 2.22. The highest BCUT2D eigenvalue weighted by atomic mass is 35.5. The fourth-order valence-corrected chi connectivity index (χ4v) is 1.26. The van der Waals surface area contributed by atoms with E-state index < -0.39 is 16.8 Å². The molecule has 0 aromatic heterocycles. The van der Waals surface area contributed by atoms with Crippen molar-refractivity contribution in [2.45, 2.75) is 12.5 Å². The van der Waals surface area contributed by atoms with E-state index in [-0.39, 0.29) is 23.7 Å². The van der Waals surface area contributed by atoms with Gasteiger partial charge in [0.15, 0.2) is 0 Å². The first-order valence-electron chi connectivity index (χ1n) is 4.45. The number of halogens is 2. The van der Waals surface area contributed by atoms with Gasteiger partial charge in [-0.15, -0.1) is 12.4 Å². The van der Waals surface area contributed by atoms with Gasteiger partial charge in [-0.1, -0.05) is 0 Å². The molecular formula is C9H13ClFN3O2. The molecule has 0 saturated heterocycles. The Kier molecular flexibility index (Phi) is 5.87. The molecule has 0 aliphatic carbocycles. The lowest BCUT2D eigenvalue weighted by Gasteiger charge is -2.11. The van der Waals surface area contributed by atoms with Crippen LogP contribution in [0, 0.1) is 15.9 Å². The molecule has 1 aromatic rings. The van der Waals surface area contributed by atoms with Crippen LogP contribution in [0.2, 0.25) is 0 Å². The summed E-state index contributed by atoms with van der Waals surface area (Å²) < 4.78 is 13.3. The molecule has 0 heterocycles. The van der Waals surface area contributed by atoms with Crippen LogP contribution in [0.3, 0.4) is 0 Å². The van der Waals surface area contributed by atoms with E-state index in [1.165, 1.54) is 0 Å². The third-order valence-electron chi connectivity index (χ3n) is 2.07. The first kappa shape index (κ1) is 14.8. The van der Waals surface area contributed by atoms with Crippen molar-refractivity contribution in [1.29, 1.82) is 0 Å². The first-order chi connectivity index (χ1) is 7.06. The lowest BCUT2D eigenvalue weighted by atomic mass is 10.0. The predicted octanol–water partition coefficient (Wildman–Crippen LogP) is 1.50. The molecule has 90 valence electrons. The standard InChI is InChI=1S/C9H12FN3O2.ClH/c10-8-2-1-6(13(14)15)5-7(8)9(12)3-4-11;/h1-2,5,9H,3-4,11-12H2;1H/t9-;/m1./s1. The van der Waals surface area contributed by atoms with Crippen LogP contribution >= 0.6 is 12.4 Å². The number of benzene rings is 1. The number of non-ortho nitro benzene ring substituents is 1. The zero-order valence-corrected chi connectivity index (χ0v) is 9.24. The van der Waals surface area contributed by atoms with Gasteiger partial charge in [-0.25, -0.2) is 4.39 Å². The second-order valence-corrected chi connectivity index (χ2v) is 3.15. The van der Waals surface area contributed by atoms with Gasteiger partial charge in [0.1, 0.15) is 5.82 Å². The summed E-state index contributed by atoms with van der Waals surface area (Å²) in [5.41, 5.74) is 10.9. The van der Waals surface area contributed by atoms with Crippen LogP contribution in [-0.2, 0) is 0 Å². The number of nitrogens with two attached hydrogens (primary N) is 2. The van der Waals surface area contributed by atoms with Crippen molar-refractivity contribution in [3.05, 3.63) is 39.7 Å². The Hall–Kier alpha value is -1.24. The summed E-state index contributed by atoms with van der Waals surface area (Å²) in [6.45, 7) is 0.309. The number of nitro groups is 1. The smallest absolute Gasteiger partial charge is 0.269 e. The first-order valence-corrected chi connectivity index (χ1v) is 4.45. The van der Waals surface area contributed by atoms with Gasteiger partial charge in [0, 0.05) is 23.7 Å². The summed E-state index contributed by atoms with van der Waals surface area (Å²) in [6, 6.07) is 2.70. The third kappa shape index (κ3) is 3.41. The van der Waals surface area contributed by atoms with Crippen molar-refractivity contribution in [3.63, 3.8) is 0 Å². The van der Waals surface area contributed by atoms with Crippen LogP contribution in [-0.4, -0.2) is 11.5 Å². The molecule has 1 atom stereocenters. The van der Waals surface area contributed by atoms with Crippen molar-refractivity contribution < 1.29 is 9.31 Å². The van der Waals surface area contributed by atoms with Gasteiger partial charge in [0.05, 0.1) is 4.92 Å². The zero-order chi connectivity index (χ0) is 11.4. The maximum absolute atomic E-state index is 13.3. The quantitative estimate of drug-likeness (QED) is 0.624. The Balaban J connectivity index is 0.00000225. The zero-order valence-electron chi connectivity index (χ0n) is 8.43. The second kappa shape index (κ2) is 6.37. The Morgan fingerprint density at radius 3 is 2.62 bits per heavy atom. The fourth-order valence-electron chi connectivity index (χ4n) is 1.26. The maximum atomic E-state index is 13.3. The van der Waals surface area contributed by atoms with Crippen LogP contribution in [0.1, 0.15) is 18.0 Å². The van der Waals surface area contributed by atoms with Crippen molar-refractivity contribution in [3.8, 4) is 0 Å². The van der Waals surface area contributed by atoms with Gasteiger partial charge in [-0.2, -0.15) is 0 Å². The molecule has 0 bridgehead atoms. The highest BCUT2D eigenvalue weighted by molar-refractivity contribution is 5.85. The summed E-state index contributed by atoms with van der Waals surface area (Å²) in [4.78, 5) is 9.88. The normalized spacial score (nSPS) is 11.7.